The number of carbonyl (C=O) groups is 1. The molecule has 1 atom stereocenters. The molecular weight excluding hydrogens is 322 g/mol. The van der Waals surface area contributed by atoms with Gasteiger partial charge in [-0.2, -0.15) is 0 Å². The normalized spacial score (nSPS) is 17.5. The minimum Gasteiger partial charge on any atom is -0.493 e. The average Bonchev–Trinajstić information content (AvgIpc) is 3.06. The average molecular weight is 345 g/mol. The second-order valence-electron chi connectivity index (χ2n) is 6.05. The Morgan fingerprint density at radius 2 is 2.16 bits per heavy atom. The van der Waals surface area contributed by atoms with Crippen molar-refractivity contribution in [3.63, 3.8) is 0 Å². The molecule has 1 aliphatic heterocycles. The number of benzene rings is 1. The first-order valence-corrected chi connectivity index (χ1v) is 8.51. The maximum Gasteiger partial charge on any atom is 0.241 e. The van der Waals surface area contributed by atoms with Crippen LogP contribution in [-0.4, -0.2) is 47.4 Å². The van der Waals surface area contributed by atoms with Crippen molar-refractivity contribution >= 4 is 5.91 Å². The van der Waals surface area contributed by atoms with Crippen LogP contribution in [0, 0.1) is 13.8 Å². The Morgan fingerprint density at radius 1 is 1.32 bits per heavy atom. The summed E-state index contributed by atoms with van der Waals surface area (Å²) in [6.45, 7) is 5.68. The molecule has 25 heavy (non-hydrogen) atoms. The Balaban J connectivity index is 1.52. The summed E-state index contributed by atoms with van der Waals surface area (Å²) >= 11 is 0. The zero-order chi connectivity index (χ0) is 17.6. The van der Waals surface area contributed by atoms with Crippen molar-refractivity contribution in [3.8, 4) is 5.75 Å². The van der Waals surface area contributed by atoms with E-state index in [4.69, 9.17) is 13.9 Å². The van der Waals surface area contributed by atoms with Crippen LogP contribution >= 0.6 is 0 Å². The second kappa shape index (κ2) is 8.11. The lowest BCUT2D eigenvalue weighted by atomic mass is 10.2. The van der Waals surface area contributed by atoms with Gasteiger partial charge in [-0.15, -0.1) is 10.2 Å². The van der Waals surface area contributed by atoms with Gasteiger partial charge in [0.2, 0.25) is 17.7 Å². The highest BCUT2D eigenvalue weighted by atomic mass is 16.5. The van der Waals surface area contributed by atoms with Gasteiger partial charge in [-0.1, -0.05) is 18.2 Å². The fourth-order valence-electron chi connectivity index (χ4n) is 2.82. The van der Waals surface area contributed by atoms with Crippen molar-refractivity contribution in [2.24, 2.45) is 0 Å². The second-order valence-corrected chi connectivity index (χ2v) is 6.05. The van der Waals surface area contributed by atoms with Gasteiger partial charge in [0.25, 0.3) is 0 Å². The lowest BCUT2D eigenvalue weighted by Crippen LogP contribution is -2.43. The van der Waals surface area contributed by atoms with E-state index in [1.165, 1.54) is 0 Å². The highest BCUT2D eigenvalue weighted by molar-refractivity contribution is 5.76. The number of ether oxygens (including phenoxy) is 2. The summed E-state index contributed by atoms with van der Waals surface area (Å²) < 4.78 is 16.7. The van der Waals surface area contributed by atoms with Gasteiger partial charge in [0.05, 0.1) is 19.8 Å². The summed E-state index contributed by atoms with van der Waals surface area (Å²) in [7, 11) is 0. The number of morpholine rings is 1. The van der Waals surface area contributed by atoms with Gasteiger partial charge in [0, 0.05) is 19.9 Å². The highest BCUT2D eigenvalue weighted by Crippen LogP contribution is 2.24. The SMILES string of the molecule is Cc1nnc([C@H]2COCCN2C(=O)CCCOc2ccccc2C)o1. The summed E-state index contributed by atoms with van der Waals surface area (Å²) in [5, 5.41) is 7.88. The van der Waals surface area contributed by atoms with E-state index in [1.807, 2.05) is 31.2 Å². The first-order chi connectivity index (χ1) is 12.1. The van der Waals surface area contributed by atoms with Crippen LogP contribution in [0.2, 0.25) is 0 Å². The summed E-state index contributed by atoms with van der Waals surface area (Å²) in [4.78, 5) is 14.4. The Hall–Kier alpha value is -2.41. The molecule has 1 aliphatic rings. The third-order valence-corrected chi connectivity index (χ3v) is 4.16. The molecule has 7 nitrogen and oxygen atoms in total. The van der Waals surface area contributed by atoms with E-state index in [-0.39, 0.29) is 11.9 Å². The molecule has 0 N–H and O–H groups in total. The van der Waals surface area contributed by atoms with Crippen LogP contribution in [0.15, 0.2) is 28.7 Å². The minimum absolute atomic E-state index is 0.0533. The molecule has 3 rings (SSSR count). The topological polar surface area (TPSA) is 77.7 Å². The zero-order valence-corrected chi connectivity index (χ0v) is 14.6. The molecule has 2 aromatic rings. The molecule has 0 bridgehead atoms. The van der Waals surface area contributed by atoms with E-state index in [1.54, 1.807) is 11.8 Å². The molecule has 1 aromatic heterocycles. The van der Waals surface area contributed by atoms with Crippen LogP contribution < -0.4 is 4.74 Å². The van der Waals surface area contributed by atoms with Gasteiger partial charge in [-0.3, -0.25) is 4.79 Å². The van der Waals surface area contributed by atoms with Gasteiger partial charge < -0.3 is 18.8 Å². The molecule has 1 saturated heterocycles. The number of rotatable bonds is 6. The highest BCUT2D eigenvalue weighted by Gasteiger charge is 2.32. The first-order valence-electron chi connectivity index (χ1n) is 8.51. The quantitative estimate of drug-likeness (QED) is 0.749. The van der Waals surface area contributed by atoms with E-state index in [9.17, 15) is 4.79 Å². The fourth-order valence-corrected chi connectivity index (χ4v) is 2.82. The molecule has 0 aliphatic carbocycles. The van der Waals surface area contributed by atoms with Crippen molar-refractivity contribution in [2.45, 2.75) is 32.7 Å². The van der Waals surface area contributed by atoms with Gasteiger partial charge in [0.15, 0.2) is 0 Å². The lowest BCUT2D eigenvalue weighted by molar-refractivity contribution is -0.141. The van der Waals surface area contributed by atoms with Crippen LogP contribution in [0.25, 0.3) is 0 Å². The van der Waals surface area contributed by atoms with Crippen molar-refractivity contribution in [1.29, 1.82) is 0 Å². The standard InChI is InChI=1S/C18H23N3O4/c1-13-6-3-4-7-16(13)24-10-5-8-17(22)21-9-11-23-12-15(21)18-20-19-14(2)25-18/h3-4,6-7,15H,5,8-12H2,1-2H3/t15-/m1/s1. The van der Waals surface area contributed by atoms with Crippen molar-refractivity contribution in [3.05, 3.63) is 41.6 Å². The Morgan fingerprint density at radius 3 is 2.92 bits per heavy atom. The van der Waals surface area contributed by atoms with Gasteiger partial charge in [-0.05, 0) is 25.0 Å². The molecule has 134 valence electrons. The Kier molecular flexibility index (Phi) is 5.65. The molecular formula is C18H23N3O4. The fraction of sp³-hybridized carbons (Fsp3) is 0.500. The molecule has 0 spiro atoms. The van der Waals surface area contributed by atoms with E-state index >= 15 is 0 Å². The van der Waals surface area contributed by atoms with Crippen molar-refractivity contribution in [2.75, 3.05) is 26.4 Å². The summed E-state index contributed by atoms with van der Waals surface area (Å²) in [6, 6.07) is 7.56. The smallest absolute Gasteiger partial charge is 0.241 e. The van der Waals surface area contributed by atoms with E-state index in [0.717, 1.165) is 11.3 Å². The van der Waals surface area contributed by atoms with E-state index < -0.39 is 0 Å². The zero-order valence-electron chi connectivity index (χ0n) is 14.6. The number of aromatic nitrogens is 2. The molecule has 0 saturated carbocycles. The van der Waals surface area contributed by atoms with E-state index in [0.29, 0.717) is 51.0 Å². The summed E-state index contributed by atoms with van der Waals surface area (Å²) in [5.41, 5.74) is 1.09. The van der Waals surface area contributed by atoms with Gasteiger partial charge in [-0.25, -0.2) is 0 Å². The van der Waals surface area contributed by atoms with Crippen LogP contribution in [0.5, 0.6) is 5.75 Å². The number of amides is 1. The number of hydrogen-bond donors (Lipinski definition) is 0. The summed E-state index contributed by atoms with van der Waals surface area (Å²) in [5.74, 6) is 1.83. The lowest BCUT2D eigenvalue weighted by Gasteiger charge is -2.33. The number of nitrogens with zero attached hydrogens (tertiary/aromatic N) is 3. The Labute approximate surface area is 146 Å². The van der Waals surface area contributed by atoms with Gasteiger partial charge in [0.1, 0.15) is 11.8 Å². The summed E-state index contributed by atoms with van der Waals surface area (Å²) in [6.07, 6.45) is 1.07. The van der Waals surface area contributed by atoms with Crippen LogP contribution in [0.3, 0.4) is 0 Å². The molecule has 2 heterocycles. The van der Waals surface area contributed by atoms with Crippen LogP contribution in [0.1, 0.15) is 36.2 Å². The Bertz CT molecular complexity index is 716. The minimum atomic E-state index is -0.306. The maximum absolute atomic E-state index is 12.6. The molecule has 1 aromatic carbocycles. The van der Waals surface area contributed by atoms with E-state index in [2.05, 4.69) is 10.2 Å². The molecule has 0 unspecified atom stereocenters. The molecule has 1 fully saturated rings. The first kappa shape index (κ1) is 17.4. The monoisotopic (exact) mass is 345 g/mol. The van der Waals surface area contributed by atoms with Crippen molar-refractivity contribution < 1.29 is 18.7 Å². The predicted octanol–water partition coefficient (Wildman–Crippen LogP) is 2.45. The number of aryl methyl sites for hydroxylation is 2. The number of hydrogen-bond acceptors (Lipinski definition) is 6. The predicted molar refractivity (Wildman–Crippen MR) is 90.2 cm³/mol. The van der Waals surface area contributed by atoms with Crippen LogP contribution in [-0.2, 0) is 9.53 Å². The third-order valence-electron chi connectivity index (χ3n) is 4.16. The number of para-hydroxylation sites is 1. The third kappa shape index (κ3) is 4.36. The number of carbonyl (C=O) groups excluding carboxylic acids is 1. The maximum atomic E-state index is 12.6. The van der Waals surface area contributed by atoms with Crippen LogP contribution in [0.4, 0.5) is 0 Å². The van der Waals surface area contributed by atoms with Crippen molar-refractivity contribution in [1.82, 2.24) is 15.1 Å². The van der Waals surface area contributed by atoms with Gasteiger partial charge >= 0.3 is 0 Å². The molecule has 0 radical (unpaired) electrons. The molecule has 1 amide bonds. The largest absolute Gasteiger partial charge is 0.493 e. The molecule has 7 heteroatoms.